The number of hydrogen-bond donors (Lipinski definition) is 2. The molecule has 0 aromatic heterocycles. The van der Waals surface area contributed by atoms with Crippen molar-refractivity contribution in [1.82, 2.24) is 0 Å². The number of fused-ring (bicyclic) bond motifs is 3. The third-order valence-corrected chi connectivity index (χ3v) is 5.85. The van der Waals surface area contributed by atoms with E-state index in [1.807, 2.05) is 44.2 Å². The maximum atomic E-state index is 12.7. The second-order valence-electron chi connectivity index (χ2n) is 8.35. The average molecular weight is 421 g/mol. The van der Waals surface area contributed by atoms with E-state index in [1.165, 1.54) is 0 Å². The van der Waals surface area contributed by atoms with E-state index in [2.05, 4.69) is 15.5 Å². The van der Waals surface area contributed by atoms with Crippen molar-refractivity contribution >= 4 is 34.8 Å². The van der Waals surface area contributed by atoms with E-state index in [4.69, 9.17) is 4.74 Å². The zero-order valence-corrected chi connectivity index (χ0v) is 18.0. The van der Waals surface area contributed by atoms with Crippen LogP contribution in [0.25, 0.3) is 0 Å². The van der Waals surface area contributed by atoms with Gasteiger partial charge in [0.05, 0.1) is 16.9 Å². The van der Waals surface area contributed by atoms with E-state index in [0.717, 1.165) is 30.6 Å². The van der Waals surface area contributed by atoms with Crippen LogP contribution < -0.4 is 15.5 Å². The summed E-state index contributed by atoms with van der Waals surface area (Å²) >= 11 is 0. The van der Waals surface area contributed by atoms with Crippen molar-refractivity contribution < 1.29 is 19.1 Å². The quantitative estimate of drug-likeness (QED) is 0.715. The normalized spacial score (nSPS) is 18.1. The number of nitrogens with zero attached hydrogens (tertiary/aromatic N) is 1. The summed E-state index contributed by atoms with van der Waals surface area (Å²) in [6.07, 6.45) is 0.830. The van der Waals surface area contributed by atoms with E-state index < -0.39 is 18.0 Å². The fraction of sp³-hybridized carbons (Fsp3) is 0.375. The van der Waals surface area contributed by atoms with Crippen molar-refractivity contribution in [3.8, 4) is 0 Å². The van der Waals surface area contributed by atoms with Gasteiger partial charge in [-0.1, -0.05) is 32.0 Å². The maximum Gasteiger partial charge on any atom is 0.338 e. The third-order valence-electron chi connectivity index (χ3n) is 5.85. The van der Waals surface area contributed by atoms with Gasteiger partial charge in [0.1, 0.15) is 6.04 Å². The van der Waals surface area contributed by atoms with Crippen molar-refractivity contribution in [2.24, 2.45) is 0 Å². The van der Waals surface area contributed by atoms with Crippen LogP contribution in [-0.2, 0) is 14.3 Å². The van der Waals surface area contributed by atoms with Crippen LogP contribution in [0.15, 0.2) is 42.5 Å². The zero-order valence-electron chi connectivity index (χ0n) is 18.0. The number of para-hydroxylation sites is 1. The number of nitrogens with one attached hydrogen (secondary N) is 2. The highest BCUT2D eigenvalue weighted by Crippen LogP contribution is 2.37. The first-order valence-corrected chi connectivity index (χ1v) is 10.7. The molecule has 2 aliphatic rings. The Morgan fingerprint density at radius 3 is 2.71 bits per heavy atom. The van der Waals surface area contributed by atoms with Gasteiger partial charge in [-0.15, -0.1) is 0 Å². The van der Waals surface area contributed by atoms with Gasteiger partial charge in [0, 0.05) is 12.2 Å². The minimum absolute atomic E-state index is 0.0490. The number of carbonyl (C=O) groups excluding carboxylic acids is 3. The molecule has 0 bridgehead atoms. The standard InChI is InChI=1S/C24H27N3O4/c1-14(2)17-7-4-5-8-18(17)25-22(28)15(3)31-24(30)16-10-11-20-19(13-16)26-23(29)21-9-6-12-27(20)21/h4-5,7-8,10-11,13-15,21H,6,9,12H2,1-3H3,(H,25,28)(H,26,29)/t15-,21-/m0/s1. The summed E-state index contributed by atoms with van der Waals surface area (Å²) in [5, 5.41) is 5.73. The van der Waals surface area contributed by atoms with Gasteiger partial charge in [-0.2, -0.15) is 0 Å². The molecule has 1 fully saturated rings. The second-order valence-corrected chi connectivity index (χ2v) is 8.35. The fourth-order valence-electron chi connectivity index (χ4n) is 4.19. The van der Waals surface area contributed by atoms with Crippen LogP contribution in [0, 0.1) is 0 Å². The summed E-state index contributed by atoms with van der Waals surface area (Å²) in [6, 6.07) is 12.5. The molecule has 0 unspecified atom stereocenters. The van der Waals surface area contributed by atoms with Gasteiger partial charge in [0.15, 0.2) is 6.10 Å². The highest BCUT2D eigenvalue weighted by atomic mass is 16.5. The first-order valence-electron chi connectivity index (χ1n) is 10.7. The lowest BCUT2D eigenvalue weighted by molar-refractivity contribution is -0.123. The van der Waals surface area contributed by atoms with Crippen molar-refractivity contribution in [3.63, 3.8) is 0 Å². The van der Waals surface area contributed by atoms with Crippen molar-refractivity contribution in [1.29, 1.82) is 0 Å². The molecule has 7 heteroatoms. The van der Waals surface area contributed by atoms with Crippen LogP contribution in [0.5, 0.6) is 0 Å². The van der Waals surface area contributed by atoms with Gasteiger partial charge in [-0.05, 0) is 55.5 Å². The summed E-state index contributed by atoms with van der Waals surface area (Å²) < 4.78 is 5.40. The molecule has 0 saturated carbocycles. The summed E-state index contributed by atoms with van der Waals surface area (Å²) in [5.41, 5.74) is 3.52. The van der Waals surface area contributed by atoms with Gasteiger partial charge in [0.2, 0.25) is 5.91 Å². The maximum absolute atomic E-state index is 12.7. The Morgan fingerprint density at radius 1 is 1.16 bits per heavy atom. The summed E-state index contributed by atoms with van der Waals surface area (Å²) in [6.45, 7) is 6.46. The number of rotatable bonds is 5. The van der Waals surface area contributed by atoms with Gasteiger partial charge in [0.25, 0.3) is 5.91 Å². The molecule has 4 rings (SSSR count). The summed E-state index contributed by atoms with van der Waals surface area (Å²) in [5.74, 6) is -0.810. The Morgan fingerprint density at radius 2 is 1.94 bits per heavy atom. The van der Waals surface area contributed by atoms with Gasteiger partial charge < -0.3 is 20.3 Å². The van der Waals surface area contributed by atoms with Crippen LogP contribution in [0.4, 0.5) is 17.1 Å². The van der Waals surface area contributed by atoms with Crippen LogP contribution >= 0.6 is 0 Å². The third kappa shape index (κ3) is 4.13. The van der Waals surface area contributed by atoms with Gasteiger partial charge >= 0.3 is 5.97 Å². The average Bonchev–Trinajstić information content (AvgIpc) is 3.24. The molecule has 2 amide bonds. The molecule has 2 aromatic rings. The number of hydrogen-bond acceptors (Lipinski definition) is 5. The molecule has 7 nitrogen and oxygen atoms in total. The molecule has 2 N–H and O–H groups in total. The molecular formula is C24H27N3O4. The molecule has 162 valence electrons. The minimum Gasteiger partial charge on any atom is -0.449 e. The van der Waals surface area contributed by atoms with Crippen LogP contribution in [-0.4, -0.2) is 36.5 Å². The van der Waals surface area contributed by atoms with Crippen LogP contribution in [0.3, 0.4) is 0 Å². The van der Waals surface area contributed by atoms with E-state index in [9.17, 15) is 14.4 Å². The Labute approximate surface area is 181 Å². The van der Waals surface area contributed by atoms with Crippen molar-refractivity contribution in [2.75, 3.05) is 22.1 Å². The minimum atomic E-state index is -0.971. The lowest BCUT2D eigenvalue weighted by Crippen LogP contribution is -2.43. The first kappa shape index (κ1) is 20.9. The SMILES string of the molecule is CC(C)c1ccccc1NC(=O)[C@H](C)OC(=O)c1ccc2c(c1)NC(=O)[C@@H]1CCCN21. The molecule has 0 radical (unpaired) electrons. The van der Waals surface area contributed by atoms with E-state index in [0.29, 0.717) is 16.9 Å². The molecular weight excluding hydrogens is 394 g/mol. The number of amides is 2. The van der Waals surface area contributed by atoms with E-state index in [-0.39, 0.29) is 17.9 Å². The van der Waals surface area contributed by atoms with Crippen LogP contribution in [0.1, 0.15) is 55.5 Å². The lowest BCUT2D eigenvalue weighted by atomic mass is 10.0. The van der Waals surface area contributed by atoms with Gasteiger partial charge in [-0.25, -0.2) is 4.79 Å². The molecule has 2 heterocycles. The van der Waals surface area contributed by atoms with E-state index >= 15 is 0 Å². The largest absolute Gasteiger partial charge is 0.449 e. The summed E-state index contributed by atoms with van der Waals surface area (Å²) in [7, 11) is 0. The molecule has 2 atom stereocenters. The molecule has 31 heavy (non-hydrogen) atoms. The number of esters is 1. The molecule has 1 saturated heterocycles. The zero-order chi connectivity index (χ0) is 22.1. The van der Waals surface area contributed by atoms with Crippen molar-refractivity contribution in [2.45, 2.75) is 51.7 Å². The van der Waals surface area contributed by atoms with Crippen LogP contribution in [0.2, 0.25) is 0 Å². The van der Waals surface area contributed by atoms with Gasteiger partial charge in [-0.3, -0.25) is 9.59 Å². The number of benzene rings is 2. The molecule has 0 aliphatic carbocycles. The van der Waals surface area contributed by atoms with E-state index in [1.54, 1.807) is 19.1 Å². The predicted molar refractivity (Wildman–Crippen MR) is 119 cm³/mol. The molecule has 0 spiro atoms. The number of anilines is 3. The number of ether oxygens (including phenoxy) is 1. The second kappa shape index (κ2) is 8.41. The fourth-order valence-corrected chi connectivity index (χ4v) is 4.19. The summed E-state index contributed by atoms with van der Waals surface area (Å²) in [4.78, 5) is 39.6. The topological polar surface area (TPSA) is 87.7 Å². The highest BCUT2D eigenvalue weighted by Gasteiger charge is 2.36. The predicted octanol–water partition coefficient (Wildman–Crippen LogP) is 3.91. The smallest absolute Gasteiger partial charge is 0.338 e. The number of carbonyl (C=O) groups is 3. The lowest BCUT2D eigenvalue weighted by Gasteiger charge is -2.33. The Kier molecular flexibility index (Phi) is 5.67. The Balaban J connectivity index is 1.44. The highest BCUT2D eigenvalue weighted by molar-refractivity contribution is 6.06. The Hall–Kier alpha value is -3.35. The Bertz CT molecular complexity index is 1030. The monoisotopic (exact) mass is 421 g/mol. The molecule has 2 aromatic carbocycles. The first-order chi connectivity index (χ1) is 14.8. The molecule has 2 aliphatic heterocycles. The van der Waals surface area contributed by atoms with Crippen molar-refractivity contribution in [3.05, 3.63) is 53.6 Å².